The summed E-state index contributed by atoms with van der Waals surface area (Å²) in [7, 11) is 0. The van der Waals surface area contributed by atoms with E-state index in [-0.39, 0.29) is 5.75 Å². The molecule has 2 heteroatoms. The Morgan fingerprint density at radius 3 is 2.69 bits per heavy atom. The molecule has 0 bridgehead atoms. The van der Waals surface area contributed by atoms with Crippen molar-refractivity contribution < 1.29 is 9.84 Å². The normalized spacial score (nSPS) is 10.0. The molecule has 0 aromatic heterocycles. The molecule has 1 rings (SSSR count). The van der Waals surface area contributed by atoms with E-state index in [0.717, 1.165) is 18.4 Å². The number of ether oxygens (including phenoxy) is 1. The van der Waals surface area contributed by atoms with Crippen LogP contribution in [0.3, 0.4) is 0 Å². The van der Waals surface area contributed by atoms with Gasteiger partial charge < -0.3 is 9.84 Å². The summed E-state index contributed by atoms with van der Waals surface area (Å²) in [5, 5.41) is 9.52. The summed E-state index contributed by atoms with van der Waals surface area (Å²) in [5.41, 5.74) is 1.09. The van der Waals surface area contributed by atoms with Crippen LogP contribution in [0.4, 0.5) is 0 Å². The highest BCUT2D eigenvalue weighted by Gasteiger charge is 2.06. The lowest BCUT2D eigenvalue weighted by Gasteiger charge is -2.10. The maximum atomic E-state index is 9.52. The lowest BCUT2D eigenvalue weighted by molar-refractivity contribution is 0.314. The second kappa shape index (κ2) is 4.75. The molecule has 0 aliphatic rings. The molecule has 1 N–H and O–H groups in total. The Labute approximate surface area is 79.2 Å². The van der Waals surface area contributed by atoms with Crippen LogP contribution in [0.2, 0.25) is 0 Å². The first-order valence-electron chi connectivity index (χ1n) is 4.73. The van der Waals surface area contributed by atoms with Crippen molar-refractivity contribution in [2.24, 2.45) is 0 Å². The number of hydrogen-bond donors (Lipinski definition) is 1. The van der Waals surface area contributed by atoms with Crippen LogP contribution in [0.25, 0.3) is 0 Å². The number of benzene rings is 1. The monoisotopic (exact) mass is 180 g/mol. The molecule has 72 valence electrons. The van der Waals surface area contributed by atoms with Crippen molar-refractivity contribution in [3.8, 4) is 11.5 Å². The first-order chi connectivity index (χ1) is 6.29. The summed E-state index contributed by atoms with van der Waals surface area (Å²) in [6.07, 6.45) is 2.01. The third-order valence-corrected chi connectivity index (χ3v) is 1.88. The average Bonchev–Trinajstić information content (AvgIpc) is 2.11. The Morgan fingerprint density at radius 1 is 1.31 bits per heavy atom. The van der Waals surface area contributed by atoms with Crippen LogP contribution < -0.4 is 4.74 Å². The Bertz CT molecular complexity index is 269. The fourth-order valence-corrected chi connectivity index (χ4v) is 1.35. The summed E-state index contributed by atoms with van der Waals surface area (Å²) in [4.78, 5) is 0. The Hall–Kier alpha value is -1.18. The summed E-state index contributed by atoms with van der Waals surface area (Å²) >= 11 is 0. The van der Waals surface area contributed by atoms with Crippen LogP contribution in [0.15, 0.2) is 18.2 Å². The minimum Gasteiger partial charge on any atom is -0.504 e. The first-order valence-corrected chi connectivity index (χ1v) is 4.73. The highest BCUT2D eigenvalue weighted by atomic mass is 16.5. The molecule has 0 saturated carbocycles. The zero-order valence-electron chi connectivity index (χ0n) is 8.21. The molecule has 0 saturated heterocycles. The van der Waals surface area contributed by atoms with E-state index in [4.69, 9.17) is 4.74 Å². The lowest BCUT2D eigenvalue weighted by Crippen LogP contribution is -1.96. The molecule has 0 heterocycles. The van der Waals surface area contributed by atoms with Gasteiger partial charge in [0.2, 0.25) is 0 Å². The number of aryl methyl sites for hydroxylation is 1. The maximum Gasteiger partial charge on any atom is 0.164 e. The molecule has 13 heavy (non-hydrogen) atoms. The van der Waals surface area contributed by atoms with E-state index < -0.39 is 0 Å². The third kappa shape index (κ3) is 2.38. The van der Waals surface area contributed by atoms with E-state index in [1.54, 1.807) is 6.07 Å². The van der Waals surface area contributed by atoms with Crippen molar-refractivity contribution in [1.82, 2.24) is 0 Å². The highest BCUT2D eigenvalue weighted by molar-refractivity contribution is 5.45. The number of rotatable bonds is 4. The van der Waals surface area contributed by atoms with E-state index >= 15 is 0 Å². The van der Waals surface area contributed by atoms with Gasteiger partial charge in [0, 0.05) is 0 Å². The molecule has 0 amide bonds. The van der Waals surface area contributed by atoms with Gasteiger partial charge in [-0.15, -0.1) is 0 Å². The predicted octanol–water partition coefficient (Wildman–Crippen LogP) is 2.74. The van der Waals surface area contributed by atoms with Crippen molar-refractivity contribution in [1.29, 1.82) is 0 Å². The molecule has 0 radical (unpaired) electrons. The number of aromatic hydroxyl groups is 1. The van der Waals surface area contributed by atoms with Crippen LogP contribution in [0, 0.1) is 0 Å². The summed E-state index contributed by atoms with van der Waals surface area (Å²) in [5.74, 6) is 0.889. The zero-order valence-corrected chi connectivity index (χ0v) is 8.21. The largest absolute Gasteiger partial charge is 0.504 e. The van der Waals surface area contributed by atoms with Gasteiger partial charge in [0.25, 0.3) is 0 Å². The van der Waals surface area contributed by atoms with Gasteiger partial charge in [0.05, 0.1) is 6.61 Å². The molecule has 0 aliphatic carbocycles. The first kappa shape index (κ1) is 9.90. The Morgan fingerprint density at radius 2 is 2.08 bits per heavy atom. The molecule has 0 spiro atoms. The molecule has 1 aromatic carbocycles. The van der Waals surface area contributed by atoms with E-state index in [0.29, 0.717) is 12.4 Å². The van der Waals surface area contributed by atoms with Gasteiger partial charge >= 0.3 is 0 Å². The second-order valence-corrected chi connectivity index (χ2v) is 2.95. The van der Waals surface area contributed by atoms with E-state index in [9.17, 15) is 5.11 Å². The third-order valence-electron chi connectivity index (χ3n) is 1.88. The van der Waals surface area contributed by atoms with Crippen molar-refractivity contribution in [3.05, 3.63) is 23.8 Å². The van der Waals surface area contributed by atoms with Crippen molar-refractivity contribution in [2.45, 2.75) is 26.7 Å². The summed E-state index contributed by atoms with van der Waals surface area (Å²) in [6, 6.07) is 5.50. The molecule has 0 fully saturated rings. The second-order valence-electron chi connectivity index (χ2n) is 2.95. The average molecular weight is 180 g/mol. The fraction of sp³-hybridized carbons (Fsp3) is 0.455. The molecular formula is C11H16O2. The molecular weight excluding hydrogens is 164 g/mol. The lowest BCUT2D eigenvalue weighted by atomic mass is 10.1. The van der Waals surface area contributed by atoms with Crippen LogP contribution >= 0.6 is 0 Å². The molecule has 0 unspecified atom stereocenters. The zero-order chi connectivity index (χ0) is 9.68. The van der Waals surface area contributed by atoms with E-state index in [1.165, 1.54) is 0 Å². The van der Waals surface area contributed by atoms with Gasteiger partial charge in [0.1, 0.15) is 0 Å². The minimum absolute atomic E-state index is 0.243. The standard InChI is InChI=1S/C11H16O2/c1-3-6-9-7-5-8-10(12)11(9)13-4-2/h5,7-8,12H,3-4,6H2,1-2H3. The Balaban J connectivity index is 2.95. The highest BCUT2D eigenvalue weighted by Crippen LogP contribution is 2.30. The molecule has 0 atom stereocenters. The predicted molar refractivity (Wildman–Crippen MR) is 53.3 cm³/mol. The van der Waals surface area contributed by atoms with Crippen molar-refractivity contribution >= 4 is 0 Å². The van der Waals surface area contributed by atoms with Gasteiger partial charge in [0.15, 0.2) is 11.5 Å². The maximum absolute atomic E-state index is 9.52. The molecule has 1 aromatic rings. The van der Waals surface area contributed by atoms with Crippen molar-refractivity contribution in [2.75, 3.05) is 6.61 Å². The molecule has 2 nitrogen and oxygen atoms in total. The molecule has 0 aliphatic heterocycles. The smallest absolute Gasteiger partial charge is 0.164 e. The van der Waals surface area contributed by atoms with Gasteiger partial charge in [-0.3, -0.25) is 0 Å². The SMILES string of the molecule is CCCc1cccc(O)c1OCC. The summed E-state index contributed by atoms with van der Waals surface area (Å²) in [6.45, 7) is 4.62. The summed E-state index contributed by atoms with van der Waals surface area (Å²) < 4.78 is 5.37. The minimum atomic E-state index is 0.243. The fourth-order valence-electron chi connectivity index (χ4n) is 1.35. The van der Waals surface area contributed by atoms with E-state index in [1.807, 2.05) is 19.1 Å². The van der Waals surface area contributed by atoms with Crippen LogP contribution in [-0.2, 0) is 6.42 Å². The topological polar surface area (TPSA) is 29.5 Å². The van der Waals surface area contributed by atoms with Crippen LogP contribution in [0.1, 0.15) is 25.8 Å². The van der Waals surface area contributed by atoms with E-state index in [2.05, 4.69) is 6.92 Å². The van der Waals surface area contributed by atoms with Crippen molar-refractivity contribution in [3.63, 3.8) is 0 Å². The Kier molecular flexibility index (Phi) is 3.62. The van der Waals surface area contributed by atoms with Gasteiger partial charge in [-0.25, -0.2) is 0 Å². The number of phenolic OH excluding ortho intramolecular Hbond substituents is 1. The van der Waals surface area contributed by atoms with Gasteiger partial charge in [-0.1, -0.05) is 25.5 Å². The van der Waals surface area contributed by atoms with Crippen LogP contribution in [0.5, 0.6) is 11.5 Å². The number of para-hydroxylation sites is 1. The quantitative estimate of drug-likeness (QED) is 0.772. The van der Waals surface area contributed by atoms with Gasteiger partial charge in [-0.2, -0.15) is 0 Å². The number of phenols is 1. The number of hydrogen-bond acceptors (Lipinski definition) is 2. The van der Waals surface area contributed by atoms with Gasteiger partial charge in [-0.05, 0) is 25.0 Å². The van der Waals surface area contributed by atoms with Crippen LogP contribution in [-0.4, -0.2) is 11.7 Å².